The van der Waals surface area contributed by atoms with E-state index in [4.69, 9.17) is 5.73 Å². The number of nitrogens with zero attached hydrogens (tertiary/aromatic N) is 3. The molecule has 6 nitrogen and oxygen atoms in total. The highest BCUT2D eigenvalue weighted by Gasteiger charge is 2.20. The van der Waals surface area contributed by atoms with Gasteiger partial charge in [-0.2, -0.15) is 4.98 Å². The van der Waals surface area contributed by atoms with Gasteiger partial charge in [0, 0.05) is 31.4 Å². The molecule has 1 fully saturated rings. The van der Waals surface area contributed by atoms with Gasteiger partial charge in [0.25, 0.3) is 5.91 Å². The molecule has 7 heteroatoms. The molecule has 2 aromatic rings. The van der Waals surface area contributed by atoms with Crippen LogP contribution in [0.3, 0.4) is 0 Å². The second kappa shape index (κ2) is 7.46. The first-order chi connectivity index (χ1) is 12.0. The van der Waals surface area contributed by atoms with Crippen LogP contribution in [0.5, 0.6) is 0 Å². The van der Waals surface area contributed by atoms with Gasteiger partial charge in [-0.25, -0.2) is 9.37 Å². The summed E-state index contributed by atoms with van der Waals surface area (Å²) < 4.78 is 13.6. The molecule has 3 rings (SSSR count). The number of aromatic nitrogens is 2. The molecule has 1 saturated heterocycles. The minimum atomic E-state index is -0.417. The van der Waals surface area contributed by atoms with Crippen LogP contribution in [0.15, 0.2) is 30.5 Å². The van der Waals surface area contributed by atoms with Gasteiger partial charge in [0.15, 0.2) is 0 Å². The van der Waals surface area contributed by atoms with Crippen LogP contribution in [0, 0.1) is 11.7 Å². The first-order valence-corrected chi connectivity index (χ1v) is 8.43. The number of piperidine rings is 1. The second-order valence-corrected chi connectivity index (χ2v) is 6.44. The number of anilines is 2. The number of hydrogen-bond acceptors (Lipinski definition) is 5. The van der Waals surface area contributed by atoms with E-state index in [0.717, 1.165) is 19.5 Å². The van der Waals surface area contributed by atoms with E-state index in [2.05, 4.69) is 27.1 Å². The fourth-order valence-corrected chi connectivity index (χ4v) is 3.00. The van der Waals surface area contributed by atoms with Crippen molar-refractivity contribution in [3.63, 3.8) is 0 Å². The average molecular weight is 343 g/mol. The summed E-state index contributed by atoms with van der Waals surface area (Å²) in [6, 6.07) is 6.30. The number of benzene rings is 1. The topological polar surface area (TPSA) is 84.1 Å². The van der Waals surface area contributed by atoms with Crippen molar-refractivity contribution in [1.29, 1.82) is 0 Å². The van der Waals surface area contributed by atoms with E-state index in [-0.39, 0.29) is 23.7 Å². The van der Waals surface area contributed by atoms with Gasteiger partial charge in [-0.05, 0) is 24.8 Å². The summed E-state index contributed by atoms with van der Waals surface area (Å²) in [5.74, 6) is 0.493. The quantitative estimate of drug-likeness (QED) is 0.890. The number of nitrogens with two attached hydrogens (primary N) is 1. The van der Waals surface area contributed by atoms with Crippen molar-refractivity contribution >= 4 is 17.7 Å². The van der Waals surface area contributed by atoms with Gasteiger partial charge in [0.05, 0.1) is 5.56 Å². The van der Waals surface area contributed by atoms with Crippen molar-refractivity contribution in [3.05, 3.63) is 47.4 Å². The molecule has 0 spiro atoms. The lowest BCUT2D eigenvalue weighted by atomic mass is 10.0. The average Bonchev–Trinajstić information content (AvgIpc) is 2.60. The standard InChI is InChI=1S/C18H22FN5O/c1-12-5-4-8-24(11-12)18-22-10-14(16(20)23-18)17(25)21-9-13-6-2-3-7-15(13)19/h2-3,6-7,10,12H,4-5,8-9,11H2,1H3,(H,21,25)(H2,20,22,23)/t12-/m0/s1. The molecule has 0 unspecified atom stereocenters. The molecular formula is C18H22FN5O. The maximum atomic E-state index is 13.6. The first kappa shape index (κ1) is 17.1. The van der Waals surface area contributed by atoms with E-state index >= 15 is 0 Å². The van der Waals surface area contributed by atoms with Crippen molar-refractivity contribution in [2.45, 2.75) is 26.3 Å². The van der Waals surface area contributed by atoms with E-state index in [1.165, 1.54) is 18.7 Å². The number of halogens is 1. The Morgan fingerprint density at radius 3 is 2.96 bits per heavy atom. The van der Waals surface area contributed by atoms with Gasteiger partial charge in [0.2, 0.25) is 5.95 Å². The molecule has 25 heavy (non-hydrogen) atoms. The Kier molecular flexibility index (Phi) is 5.11. The summed E-state index contributed by atoms with van der Waals surface area (Å²) in [4.78, 5) is 22.9. The Morgan fingerprint density at radius 2 is 2.24 bits per heavy atom. The predicted octanol–water partition coefficient (Wildman–Crippen LogP) is 2.36. The van der Waals surface area contributed by atoms with Gasteiger partial charge < -0.3 is 16.0 Å². The summed E-state index contributed by atoms with van der Waals surface area (Å²) in [7, 11) is 0. The molecule has 0 radical (unpaired) electrons. The van der Waals surface area contributed by atoms with Crippen molar-refractivity contribution in [3.8, 4) is 0 Å². The molecule has 0 saturated carbocycles. The lowest BCUT2D eigenvalue weighted by Gasteiger charge is -2.31. The van der Waals surface area contributed by atoms with Gasteiger partial charge in [-0.3, -0.25) is 4.79 Å². The van der Waals surface area contributed by atoms with Crippen LogP contribution in [-0.2, 0) is 6.54 Å². The van der Waals surface area contributed by atoms with Crippen LogP contribution < -0.4 is 16.0 Å². The molecular weight excluding hydrogens is 321 g/mol. The first-order valence-electron chi connectivity index (χ1n) is 8.43. The van der Waals surface area contributed by atoms with Crippen molar-refractivity contribution < 1.29 is 9.18 Å². The van der Waals surface area contributed by atoms with Crippen LogP contribution in [-0.4, -0.2) is 29.0 Å². The fraction of sp³-hybridized carbons (Fsp3) is 0.389. The second-order valence-electron chi connectivity index (χ2n) is 6.44. The molecule has 1 aliphatic heterocycles. The van der Waals surface area contributed by atoms with Crippen molar-refractivity contribution in [2.24, 2.45) is 5.92 Å². The van der Waals surface area contributed by atoms with E-state index in [1.54, 1.807) is 18.2 Å². The third-order valence-corrected chi connectivity index (χ3v) is 4.39. The Morgan fingerprint density at radius 1 is 1.44 bits per heavy atom. The maximum Gasteiger partial charge on any atom is 0.256 e. The SMILES string of the molecule is C[C@H]1CCCN(c2ncc(C(=O)NCc3ccccc3F)c(N)n2)C1. The molecule has 1 atom stereocenters. The summed E-state index contributed by atoms with van der Waals surface area (Å²) in [5, 5.41) is 2.65. The lowest BCUT2D eigenvalue weighted by Crippen LogP contribution is -2.36. The van der Waals surface area contributed by atoms with Gasteiger partial charge >= 0.3 is 0 Å². The Hall–Kier alpha value is -2.70. The van der Waals surface area contributed by atoms with Crippen molar-refractivity contribution in [2.75, 3.05) is 23.7 Å². The molecule has 1 aromatic carbocycles. The monoisotopic (exact) mass is 343 g/mol. The number of nitrogens with one attached hydrogen (secondary N) is 1. The predicted molar refractivity (Wildman–Crippen MR) is 94.6 cm³/mol. The summed E-state index contributed by atoms with van der Waals surface area (Å²) >= 11 is 0. The fourth-order valence-electron chi connectivity index (χ4n) is 3.00. The van der Waals surface area contributed by atoms with Gasteiger partial charge in [-0.1, -0.05) is 25.1 Å². The van der Waals surface area contributed by atoms with Gasteiger partial charge in [-0.15, -0.1) is 0 Å². The van der Waals surface area contributed by atoms with Crippen LogP contribution in [0.2, 0.25) is 0 Å². The van der Waals surface area contributed by atoms with Crippen LogP contribution in [0.4, 0.5) is 16.2 Å². The van der Waals surface area contributed by atoms with E-state index in [9.17, 15) is 9.18 Å². The zero-order chi connectivity index (χ0) is 17.8. The van der Waals surface area contributed by atoms with Crippen LogP contribution in [0.25, 0.3) is 0 Å². The molecule has 3 N–H and O–H groups in total. The molecule has 1 amide bonds. The zero-order valence-corrected chi connectivity index (χ0v) is 14.2. The van der Waals surface area contributed by atoms with Gasteiger partial charge in [0.1, 0.15) is 11.6 Å². The number of carbonyl (C=O) groups is 1. The Bertz CT molecular complexity index is 767. The number of carbonyl (C=O) groups excluding carboxylic acids is 1. The largest absolute Gasteiger partial charge is 0.383 e. The molecule has 1 aromatic heterocycles. The lowest BCUT2D eigenvalue weighted by molar-refractivity contribution is 0.0951. The third kappa shape index (κ3) is 4.04. The Balaban J connectivity index is 1.68. The highest BCUT2D eigenvalue weighted by atomic mass is 19.1. The number of nitrogen functional groups attached to an aromatic ring is 1. The minimum absolute atomic E-state index is 0.0797. The van der Waals surface area contributed by atoms with Crippen molar-refractivity contribution in [1.82, 2.24) is 15.3 Å². The summed E-state index contributed by atoms with van der Waals surface area (Å²) in [6.45, 7) is 4.05. The molecule has 1 aliphatic rings. The van der Waals surface area contributed by atoms with E-state index < -0.39 is 5.91 Å². The molecule has 0 aliphatic carbocycles. The minimum Gasteiger partial charge on any atom is -0.383 e. The maximum absolute atomic E-state index is 13.6. The number of amides is 1. The van der Waals surface area contributed by atoms with E-state index in [0.29, 0.717) is 17.4 Å². The molecule has 0 bridgehead atoms. The van der Waals surface area contributed by atoms with Crippen LogP contribution in [0.1, 0.15) is 35.7 Å². The summed E-state index contributed by atoms with van der Waals surface area (Å²) in [6.07, 6.45) is 3.73. The molecule has 2 heterocycles. The zero-order valence-electron chi connectivity index (χ0n) is 14.2. The molecule has 132 valence electrons. The highest BCUT2D eigenvalue weighted by molar-refractivity contribution is 5.98. The highest BCUT2D eigenvalue weighted by Crippen LogP contribution is 2.21. The normalized spacial score (nSPS) is 17.4. The van der Waals surface area contributed by atoms with Crippen LogP contribution >= 0.6 is 0 Å². The number of hydrogen-bond donors (Lipinski definition) is 2. The van der Waals surface area contributed by atoms with E-state index in [1.807, 2.05) is 0 Å². The smallest absolute Gasteiger partial charge is 0.256 e. The third-order valence-electron chi connectivity index (χ3n) is 4.39. The number of rotatable bonds is 4. The summed E-state index contributed by atoms with van der Waals surface area (Å²) in [5.41, 5.74) is 6.56. The Labute approximate surface area is 146 Å².